The van der Waals surface area contributed by atoms with Crippen LogP contribution in [0.5, 0.6) is 0 Å². The van der Waals surface area contributed by atoms with E-state index in [1.54, 1.807) is 0 Å². The minimum atomic E-state index is -4.91. The number of nitro benzene ring substituents is 1. The molecule has 0 aliphatic heterocycles. The molecule has 0 saturated carbocycles. The third kappa shape index (κ3) is 3.82. The second-order valence-corrected chi connectivity index (χ2v) is 4.45. The lowest BCUT2D eigenvalue weighted by Gasteiger charge is -2.11. The van der Waals surface area contributed by atoms with Crippen molar-refractivity contribution in [2.45, 2.75) is 6.18 Å². The van der Waals surface area contributed by atoms with Gasteiger partial charge in [-0.25, -0.2) is 4.39 Å². The topological polar surface area (TPSA) is 72.2 Å². The van der Waals surface area contributed by atoms with Crippen LogP contribution in [0.1, 0.15) is 15.9 Å². The summed E-state index contributed by atoms with van der Waals surface area (Å²) < 4.78 is 51.0. The molecular formula is C14H8F4N2O3. The molecule has 0 aromatic heterocycles. The average Bonchev–Trinajstić information content (AvgIpc) is 2.48. The number of rotatable bonds is 3. The molecule has 0 unspecified atom stereocenters. The highest BCUT2D eigenvalue weighted by Crippen LogP contribution is 2.33. The van der Waals surface area contributed by atoms with Crippen molar-refractivity contribution in [2.24, 2.45) is 0 Å². The van der Waals surface area contributed by atoms with Crippen LogP contribution in [-0.2, 0) is 6.18 Å². The molecule has 5 nitrogen and oxygen atoms in total. The average molecular weight is 328 g/mol. The zero-order valence-electron chi connectivity index (χ0n) is 11.2. The maximum Gasteiger partial charge on any atom is 0.419 e. The molecule has 1 amide bonds. The summed E-state index contributed by atoms with van der Waals surface area (Å²) in [7, 11) is 0. The quantitative estimate of drug-likeness (QED) is 0.526. The zero-order valence-corrected chi connectivity index (χ0v) is 11.2. The monoisotopic (exact) mass is 328 g/mol. The molecule has 0 atom stereocenters. The lowest BCUT2D eigenvalue weighted by Crippen LogP contribution is -2.14. The largest absolute Gasteiger partial charge is 0.419 e. The highest BCUT2D eigenvalue weighted by atomic mass is 19.4. The normalized spacial score (nSPS) is 11.1. The van der Waals surface area contributed by atoms with Gasteiger partial charge in [-0.3, -0.25) is 14.9 Å². The number of nitrogens with one attached hydrogen (secondary N) is 1. The van der Waals surface area contributed by atoms with E-state index in [9.17, 15) is 32.5 Å². The number of benzene rings is 2. The van der Waals surface area contributed by atoms with E-state index < -0.39 is 28.4 Å². The second kappa shape index (κ2) is 6.03. The van der Waals surface area contributed by atoms with Gasteiger partial charge < -0.3 is 5.32 Å². The molecule has 0 radical (unpaired) electrons. The predicted molar refractivity (Wildman–Crippen MR) is 72.5 cm³/mol. The van der Waals surface area contributed by atoms with Crippen molar-refractivity contribution in [3.05, 3.63) is 69.5 Å². The Hall–Kier alpha value is -2.97. The molecule has 0 aliphatic rings. The second-order valence-electron chi connectivity index (χ2n) is 4.45. The SMILES string of the molecule is O=C(Nc1ccc(F)c(C(F)(F)F)c1)c1cccc([N+](=O)[O-])c1. The van der Waals surface area contributed by atoms with Gasteiger partial charge in [0.05, 0.1) is 10.5 Å². The van der Waals surface area contributed by atoms with Crippen LogP contribution in [0.4, 0.5) is 28.9 Å². The van der Waals surface area contributed by atoms with Gasteiger partial charge in [-0.05, 0) is 24.3 Å². The van der Waals surface area contributed by atoms with Crippen LogP contribution < -0.4 is 5.32 Å². The summed E-state index contributed by atoms with van der Waals surface area (Å²) >= 11 is 0. The molecule has 2 rings (SSSR count). The highest BCUT2D eigenvalue weighted by molar-refractivity contribution is 6.04. The fourth-order valence-electron chi connectivity index (χ4n) is 1.78. The first kappa shape index (κ1) is 16.4. The van der Waals surface area contributed by atoms with E-state index in [4.69, 9.17) is 0 Å². The van der Waals surface area contributed by atoms with Gasteiger partial charge in [0.2, 0.25) is 0 Å². The highest BCUT2D eigenvalue weighted by Gasteiger charge is 2.34. The van der Waals surface area contributed by atoms with E-state index in [-0.39, 0.29) is 16.9 Å². The first-order valence-electron chi connectivity index (χ1n) is 6.11. The van der Waals surface area contributed by atoms with Crippen molar-refractivity contribution < 1.29 is 27.3 Å². The number of carbonyl (C=O) groups excluding carboxylic acids is 1. The van der Waals surface area contributed by atoms with Gasteiger partial charge in [0, 0.05) is 23.4 Å². The molecule has 1 N–H and O–H groups in total. The standard InChI is InChI=1S/C14H8F4N2O3/c15-12-5-4-9(7-11(12)14(16,17)18)19-13(21)8-2-1-3-10(6-8)20(22)23/h1-7H,(H,19,21). The van der Waals surface area contributed by atoms with Crippen molar-refractivity contribution in [1.29, 1.82) is 0 Å². The number of alkyl halides is 3. The maximum absolute atomic E-state index is 13.2. The van der Waals surface area contributed by atoms with Crippen molar-refractivity contribution in [3.8, 4) is 0 Å². The predicted octanol–water partition coefficient (Wildman–Crippen LogP) is 4.01. The first-order chi connectivity index (χ1) is 10.7. The summed E-state index contributed by atoms with van der Waals surface area (Å²) in [6.45, 7) is 0. The van der Waals surface area contributed by atoms with E-state index in [1.165, 1.54) is 12.1 Å². The Morgan fingerprint density at radius 1 is 1.13 bits per heavy atom. The van der Waals surface area contributed by atoms with Crippen molar-refractivity contribution in [2.75, 3.05) is 5.32 Å². The molecule has 23 heavy (non-hydrogen) atoms. The molecule has 0 bridgehead atoms. The minimum Gasteiger partial charge on any atom is -0.322 e. The number of amides is 1. The number of carbonyl (C=O) groups is 1. The summed E-state index contributed by atoms with van der Waals surface area (Å²) in [5, 5.41) is 12.8. The van der Waals surface area contributed by atoms with Crippen molar-refractivity contribution in [1.82, 2.24) is 0 Å². The lowest BCUT2D eigenvalue weighted by molar-refractivity contribution is -0.384. The van der Waals surface area contributed by atoms with E-state index in [2.05, 4.69) is 5.32 Å². The molecule has 0 fully saturated rings. The zero-order chi connectivity index (χ0) is 17.2. The fraction of sp³-hybridized carbons (Fsp3) is 0.0714. The van der Waals surface area contributed by atoms with Gasteiger partial charge in [-0.1, -0.05) is 6.07 Å². The summed E-state index contributed by atoms with van der Waals surface area (Å²) in [5.74, 6) is -2.32. The molecule has 9 heteroatoms. The van der Waals surface area contributed by atoms with Crippen LogP contribution >= 0.6 is 0 Å². The summed E-state index contributed by atoms with van der Waals surface area (Å²) in [6.07, 6.45) is -4.91. The molecule has 0 aliphatic carbocycles. The van der Waals surface area contributed by atoms with E-state index in [1.807, 2.05) is 0 Å². The van der Waals surface area contributed by atoms with Gasteiger partial charge >= 0.3 is 6.18 Å². The van der Waals surface area contributed by atoms with Crippen LogP contribution in [-0.4, -0.2) is 10.8 Å². The Kier molecular flexibility index (Phi) is 4.30. The van der Waals surface area contributed by atoms with E-state index in [0.717, 1.165) is 18.2 Å². The Balaban J connectivity index is 2.27. The minimum absolute atomic E-state index is 0.114. The van der Waals surface area contributed by atoms with Crippen LogP contribution in [0.15, 0.2) is 42.5 Å². The molecule has 120 valence electrons. The Labute approximate surface area is 126 Å². The van der Waals surface area contributed by atoms with Gasteiger partial charge in [0.1, 0.15) is 5.82 Å². The fourth-order valence-corrected chi connectivity index (χ4v) is 1.78. The lowest BCUT2D eigenvalue weighted by atomic mass is 10.1. The van der Waals surface area contributed by atoms with Crippen LogP contribution in [0, 0.1) is 15.9 Å². The summed E-state index contributed by atoms with van der Waals surface area (Å²) in [6, 6.07) is 6.64. The number of nitrogens with zero attached hydrogens (tertiary/aromatic N) is 1. The Morgan fingerprint density at radius 3 is 2.43 bits per heavy atom. The van der Waals surface area contributed by atoms with Gasteiger partial charge in [0.25, 0.3) is 11.6 Å². The van der Waals surface area contributed by atoms with Crippen molar-refractivity contribution in [3.63, 3.8) is 0 Å². The summed E-state index contributed by atoms with van der Waals surface area (Å²) in [5.41, 5.74) is -2.26. The number of halogens is 4. The molecule has 0 heterocycles. The summed E-state index contributed by atoms with van der Waals surface area (Å²) in [4.78, 5) is 21.8. The van der Waals surface area contributed by atoms with E-state index >= 15 is 0 Å². The van der Waals surface area contributed by atoms with Crippen molar-refractivity contribution >= 4 is 17.3 Å². The van der Waals surface area contributed by atoms with Crippen LogP contribution in [0.2, 0.25) is 0 Å². The first-order valence-corrected chi connectivity index (χ1v) is 6.11. The molecule has 2 aromatic rings. The van der Waals surface area contributed by atoms with E-state index in [0.29, 0.717) is 12.1 Å². The molecule has 2 aromatic carbocycles. The third-order valence-electron chi connectivity index (χ3n) is 2.85. The third-order valence-corrected chi connectivity index (χ3v) is 2.85. The number of hydrogen-bond acceptors (Lipinski definition) is 3. The van der Waals surface area contributed by atoms with Crippen LogP contribution in [0.3, 0.4) is 0 Å². The van der Waals surface area contributed by atoms with Gasteiger partial charge in [-0.2, -0.15) is 13.2 Å². The Bertz CT molecular complexity index is 775. The molecule has 0 saturated heterocycles. The molecular weight excluding hydrogens is 320 g/mol. The number of anilines is 1. The number of nitro groups is 1. The van der Waals surface area contributed by atoms with Gasteiger partial charge in [-0.15, -0.1) is 0 Å². The van der Waals surface area contributed by atoms with Gasteiger partial charge in [0.15, 0.2) is 0 Å². The molecule has 0 spiro atoms. The smallest absolute Gasteiger partial charge is 0.322 e. The number of hydrogen-bond donors (Lipinski definition) is 1. The maximum atomic E-state index is 13.2. The van der Waals surface area contributed by atoms with Crippen LogP contribution in [0.25, 0.3) is 0 Å². The number of non-ortho nitro benzene ring substituents is 1. The Morgan fingerprint density at radius 2 is 1.83 bits per heavy atom.